The van der Waals surface area contributed by atoms with Crippen LogP contribution >= 0.6 is 0 Å². The molecule has 0 saturated heterocycles. The lowest BCUT2D eigenvalue weighted by Gasteiger charge is -2.28. The first-order valence-electron chi connectivity index (χ1n) is 7.60. The lowest BCUT2D eigenvalue weighted by molar-refractivity contribution is -0.384. The Morgan fingerprint density at radius 3 is 2.52 bits per heavy atom. The quantitative estimate of drug-likeness (QED) is 0.508. The van der Waals surface area contributed by atoms with Crippen molar-refractivity contribution < 1.29 is 14.5 Å². The largest absolute Gasteiger partial charge is 0.327 e. The first-order valence-corrected chi connectivity index (χ1v) is 7.60. The molecule has 2 aromatic rings. The molecule has 7 nitrogen and oxygen atoms in total. The van der Waals surface area contributed by atoms with Gasteiger partial charge in [-0.25, -0.2) is 4.79 Å². The van der Waals surface area contributed by atoms with Gasteiger partial charge in [-0.05, 0) is 12.5 Å². The molecule has 2 amide bonds. The van der Waals surface area contributed by atoms with E-state index in [0.29, 0.717) is 22.4 Å². The number of carbonyl (C=O) groups excluding carboxylic acids is 2. The van der Waals surface area contributed by atoms with Gasteiger partial charge < -0.3 is 10.6 Å². The third-order valence-electron chi connectivity index (χ3n) is 3.96. The van der Waals surface area contributed by atoms with Crippen LogP contribution < -0.4 is 10.6 Å². The fourth-order valence-electron chi connectivity index (χ4n) is 2.81. The molecule has 1 atom stereocenters. The molecule has 2 aromatic carbocycles. The number of urea groups is 1. The number of amides is 2. The third-order valence-corrected chi connectivity index (χ3v) is 3.96. The minimum atomic E-state index is -0.763. The molecule has 25 heavy (non-hydrogen) atoms. The number of nitrogens with one attached hydrogen (secondary N) is 2. The molecular formula is C18H15N3O4. The molecule has 0 radical (unpaired) electrons. The summed E-state index contributed by atoms with van der Waals surface area (Å²) < 4.78 is 0. The van der Waals surface area contributed by atoms with E-state index in [4.69, 9.17) is 0 Å². The van der Waals surface area contributed by atoms with Gasteiger partial charge in [0, 0.05) is 29.0 Å². The Hall–Kier alpha value is -3.48. The molecule has 1 aliphatic rings. The SMILES string of the molecule is CC1=C(C(=O)c2ccccc2)[C@H](c2cccc([N+](=O)[O-])c2)NC(=O)N1. The van der Waals surface area contributed by atoms with Crippen molar-refractivity contribution in [2.45, 2.75) is 13.0 Å². The van der Waals surface area contributed by atoms with Gasteiger partial charge in [0.15, 0.2) is 5.78 Å². The van der Waals surface area contributed by atoms with Gasteiger partial charge in [-0.15, -0.1) is 0 Å². The Labute approximate surface area is 143 Å². The number of carbonyl (C=O) groups is 2. The summed E-state index contributed by atoms with van der Waals surface area (Å²) in [6.45, 7) is 1.64. The predicted octanol–water partition coefficient (Wildman–Crippen LogP) is 3.11. The minimum Gasteiger partial charge on any atom is -0.327 e. The first-order chi connectivity index (χ1) is 12.0. The van der Waals surface area contributed by atoms with Crippen molar-refractivity contribution in [3.63, 3.8) is 0 Å². The van der Waals surface area contributed by atoms with Gasteiger partial charge >= 0.3 is 6.03 Å². The van der Waals surface area contributed by atoms with Gasteiger partial charge in [0.05, 0.1) is 11.0 Å². The van der Waals surface area contributed by atoms with Crippen LogP contribution in [-0.4, -0.2) is 16.7 Å². The molecule has 126 valence electrons. The summed E-state index contributed by atoms with van der Waals surface area (Å²) in [4.78, 5) is 35.3. The summed E-state index contributed by atoms with van der Waals surface area (Å²) in [6, 6.07) is 13.4. The number of Topliss-reactive ketones (excluding diaryl/α,β-unsaturated/α-hetero) is 1. The van der Waals surface area contributed by atoms with Gasteiger partial charge in [-0.1, -0.05) is 42.5 Å². The zero-order chi connectivity index (χ0) is 18.0. The Morgan fingerprint density at radius 1 is 1.12 bits per heavy atom. The number of benzene rings is 2. The number of hydrogen-bond acceptors (Lipinski definition) is 4. The maximum atomic E-state index is 12.9. The van der Waals surface area contributed by atoms with Gasteiger partial charge in [0.1, 0.15) is 0 Å². The summed E-state index contributed by atoms with van der Waals surface area (Å²) in [5, 5.41) is 16.3. The monoisotopic (exact) mass is 337 g/mol. The van der Waals surface area contributed by atoms with Crippen molar-refractivity contribution in [1.29, 1.82) is 0 Å². The number of rotatable bonds is 4. The zero-order valence-corrected chi connectivity index (χ0v) is 13.4. The zero-order valence-electron chi connectivity index (χ0n) is 13.4. The highest BCUT2D eigenvalue weighted by Gasteiger charge is 2.32. The van der Waals surface area contributed by atoms with E-state index in [1.807, 2.05) is 0 Å². The number of nitro benzene ring substituents is 1. The topological polar surface area (TPSA) is 101 Å². The van der Waals surface area contributed by atoms with Crippen LogP contribution in [0.3, 0.4) is 0 Å². The highest BCUT2D eigenvalue weighted by atomic mass is 16.6. The number of ketones is 1. The third kappa shape index (κ3) is 3.25. The molecule has 2 N–H and O–H groups in total. The molecule has 0 fully saturated rings. The van der Waals surface area contributed by atoms with E-state index < -0.39 is 17.0 Å². The van der Waals surface area contributed by atoms with Crippen LogP contribution in [0.5, 0.6) is 0 Å². The molecule has 0 bridgehead atoms. The Balaban J connectivity index is 2.08. The maximum absolute atomic E-state index is 12.9. The lowest BCUT2D eigenvalue weighted by atomic mass is 9.89. The lowest BCUT2D eigenvalue weighted by Crippen LogP contribution is -2.45. The van der Waals surface area contributed by atoms with E-state index in [1.54, 1.807) is 43.3 Å². The van der Waals surface area contributed by atoms with E-state index in [9.17, 15) is 19.7 Å². The predicted molar refractivity (Wildman–Crippen MR) is 91.0 cm³/mol. The smallest absolute Gasteiger partial charge is 0.319 e. The number of nitrogens with zero attached hydrogens (tertiary/aromatic N) is 1. The highest BCUT2D eigenvalue weighted by Crippen LogP contribution is 2.31. The number of hydrogen-bond donors (Lipinski definition) is 2. The molecule has 0 unspecified atom stereocenters. The normalized spacial score (nSPS) is 16.8. The number of non-ortho nitro benzene ring substituents is 1. The summed E-state index contributed by atoms with van der Waals surface area (Å²) in [7, 11) is 0. The van der Waals surface area contributed by atoms with Crippen molar-refractivity contribution in [3.8, 4) is 0 Å². The Morgan fingerprint density at radius 2 is 1.84 bits per heavy atom. The van der Waals surface area contributed by atoms with E-state index >= 15 is 0 Å². The maximum Gasteiger partial charge on any atom is 0.319 e. The average Bonchev–Trinajstić information content (AvgIpc) is 2.61. The number of nitro groups is 1. The van der Waals surface area contributed by atoms with E-state index in [1.165, 1.54) is 18.2 Å². The van der Waals surface area contributed by atoms with Crippen molar-refractivity contribution in [2.75, 3.05) is 0 Å². The highest BCUT2D eigenvalue weighted by molar-refractivity contribution is 6.11. The summed E-state index contributed by atoms with van der Waals surface area (Å²) in [5.74, 6) is -0.248. The fourth-order valence-corrected chi connectivity index (χ4v) is 2.81. The van der Waals surface area contributed by atoms with Crippen LogP contribution in [0.1, 0.15) is 28.9 Å². The molecule has 7 heteroatoms. The standard InChI is InChI=1S/C18H15N3O4/c1-11-15(17(22)12-6-3-2-4-7-12)16(20-18(23)19-11)13-8-5-9-14(10-13)21(24)25/h2-10,16H,1H3,(H2,19,20,23)/t16-/m0/s1. The Kier molecular flexibility index (Phi) is 4.30. The second kappa shape index (κ2) is 6.56. The number of allylic oxidation sites excluding steroid dienone is 1. The molecule has 3 rings (SSSR count). The molecule has 0 saturated carbocycles. The first kappa shape index (κ1) is 16.4. The van der Waals surface area contributed by atoms with Crippen LogP contribution in [-0.2, 0) is 0 Å². The van der Waals surface area contributed by atoms with Crippen LogP contribution in [0.2, 0.25) is 0 Å². The van der Waals surface area contributed by atoms with E-state index in [-0.39, 0.29) is 11.5 Å². The Bertz CT molecular complexity index is 890. The van der Waals surface area contributed by atoms with Gasteiger partial charge in [0.2, 0.25) is 0 Å². The molecular weight excluding hydrogens is 322 g/mol. The van der Waals surface area contributed by atoms with E-state index in [0.717, 1.165) is 0 Å². The molecule has 0 spiro atoms. The van der Waals surface area contributed by atoms with Crippen molar-refractivity contribution in [1.82, 2.24) is 10.6 Å². The minimum absolute atomic E-state index is 0.102. The average molecular weight is 337 g/mol. The molecule has 1 aliphatic heterocycles. The fraction of sp³-hybridized carbons (Fsp3) is 0.111. The second-order valence-electron chi connectivity index (χ2n) is 5.62. The van der Waals surface area contributed by atoms with Crippen LogP contribution in [0, 0.1) is 10.1 Å². The van der Waals surface area contributed by atoms with Crippen molar-refractivity contribution >= 4 is 17.5 Å². The van der Waals surface area contributed by atoms with Crippen LogP contribution in [0.4, 0.5) is 10.5 Å². The summed E-state index contributed by atoms with van der Waals surface area (Å²) >= 11 is 0. The van der Waals surface area contributed by atoms with Crippen molar-refractivity contribution in [2.24, 2.45) is 0 Å². The van der Waals surface area contributed by atoms with Crippen LogP contribution in [0.25, 0.3) is 0 Å². The van der Waals surface area contributed by atoms with Gasteiger partial charge in [-0.3, -0.25) is 14.9 Å². The van der Waals surface area contributed by atoms with Gasteiger partial charge in [-0.2, -0.15) is 0 Å². The summed E-state index contributed by atoms with van der Waals surface area (Å²) in [6.07, 6.45) is 0. The molecule has 1 heterocycles. The van der Waals surface area contributed by atoms with Crippen molar-refractivity contribution in [3.05, 3.63) is 87.1 Å². The van der Waals surface area contributed by atoms with Crippen LogP contribution in [0.15, 0.2) is 65.9 Å². The molecule has 0 aromatic heterocycles. The summed E-state index contributed by atoms with van der Waals surface area (Å²) in [5.41, 5.74) is 1.63. The van der Waals surface area contributed by atoms with E-state index in [2.05, 4.69) is 10.6 Å². The second-order valence-corrected chi connectivity index (χ2v) is 5.62. The molecule has 0 aliphatic carbocycles. The van der Waals surface area contributed by atoms with Gasteiger partial charge in [0.25, 0.3) is 5.69 Å².